The van der Waals surface area contributed by atoms with Crippen LogP contribution in [-0.2, 0) is 22.6 Å². The van der Waals surface area contributed by atoms with Gasteiger partial charge in [0.25, 0.3) is 0 Å². The Morgan fingerprint density at radius 2 is 1.96 bits per heavy atom. The van der Waals surface area contributed by atoms with E-state index in [0.717, 1.165) is 37.3 Å². The van der Waals surface area contributed by atoms with E-state index in [0.29, 0.717) is 47.5 Å². The molecule has 0 spiro atoms. The summed E-state index contributed by atoms with van der Waals surface area (Å²) in [6.45, 7) is 3.03. The molecule has 4 aliphatic rings. The van der Waals surface area contributed by atoms with Gasteiger partial charge in [-0.1, -0.05) is 43.2 Å². The third-order valence-corrected chi connectivity index (χ3v) is 11.9. The molecule has 5 atom stereocenters. The number of carbonyl (C=O) groups is 1. The molecule has 57 heavy (non-hydrogen) atoms. The van der Waals surface area contributed by atoms with E-state index in [1.54, 1.807) is 24.3 Å². The van der Waals surface area contributed by atoms with Crippen LogP contribution in [0.3, 0.4) is 0 Å². The third-order valence-electron chi connectivity index (χ3n) is 11.9. The standard InChI is InChI=1S/C44H52N4O9/c1-3-30(25-7-4-5-8-25)43(54)56-34-20-31-40(53)38-33(52)19-29(22-49)55-42(38)39(41(31)57-44(34,2)15-13-24-11-12-35(45)48-21-24)37(27-14-16-47-36(46)18-27)32(23-50)26-9-6-10-28(51)17-26/h3,6,9-12,14,17-19,21,25,32,34-35,37,47-51,53H,4-5,7-8,13,15-16,20,22-23,45-46H2,1-2H3/b30-3-/t32-,34-,35?,37+,44+/m1/s1. The third kappa shape index (κ3) is 7.92. The van der Waals surface area contributed by atoms with Crippen LogP contribution in [0, 0.1) is 5.92 Å². The van der Waals surface area contributed by atoms with E-state index in [4.69, 9.17) is 25.4 Å². The van der Waals surface area contributed by atoms with Crippen molar-refractivity contribution in [2.75, 3.05) is 13.2 Å². The summed E-state index contributed by atoms with van der Waals surface area (Å²) in [5.74, 6) is -1.88. The number of phenolic OH excluding ortho intramolecular Hbond substituents is 2. The normalized spacial score (nSPS) is 23.3. The highest BCUT2D eigenvalue weighted by Crippen LogP contribution is 2.54. The number of fused-ring (bicyclic) bond motifs is 2. The molecule has 0 amide bonds. The molecule has 7 rings (SSSR count). The van der Waals surface area contributed by atoms with Crippen molar-refractivity contribution in [3.63, 3.8) is 0 Å². The number of nitrogens with one attached hydrogen (secondary N) is 2. The summed E-state index contributed by atoms with van der Waals surface area (Å²) >= 11 is 0. The van der Waals surface area contributed by atoms with Crippen LogP contribution < -0.4 is 32.3 Å². The second-order valence-corrected chi connectivity index (χ2v) is 15.6. The molecule has 2 aromatic carbocycles. The number of benzene rings is 2. The summed E-state index contributed by atoms with van der Waals surface area (Å²) in [7, 11) is 0. The zero-order chi connectivity index (χ0) is 40.4. The molecular weight excluding hydrogens is 729 g/mol. The average molecular weight is 781 g/mol. The first-order chi connectivity index (χ1) is 27.4. The number of hydrogen-bond donors (Lipinski definition) is 8. The summed E-state index contributed by atoms with van der Waals surface area (Å²) < 4.78 is 19.9. The maximum absolute atomic E-state index is 14.1. The number of aliphatic hydroxyl groups excluding tert-OH is 2. The largest absolute Gasteiger partial charge is 0.508 e. The van der Waals surface area contributed by atoms with Crippen molar-refractivity contribution in [2.45, 2.75) is 95.1 Å². The number of dihydropyridines is 2. The SMILES string of the molecule is C/C=C(\C(=O)O[C@@H]1Cc2c(c([C@@H](C3=CCNC(N)=C3)[C@H](CO)c3cccc(O)c3)c3oc(CO)cc(=O)c3c2O)O[C@@]1(C)CCC1=CNC(N)C=C1)C1CCCC1. The van der Waals surface area contributed by atoms with Crippen molar-refractivity contribution in [3.8, 4) is 17.2 Å². The highest BCUT2D eigenvalue weighted by Gasteiger charge is 2.48. The van der Waals surface area contributed by atoms with Crippen LogP contribution in [0.5, 0.6) is 17.2 Å². The lowest BCUT2D eigenvalue weighted by Crippen LogP contribution is -2.52. The molecule has 0 saturated heterocycles. The Morgan fingerprint density at radius 3 is 2.63 bits per heavy atom. The Kier molecular flexibility index (Phi) is 11.5. The second-order valence-electron chi connectivity index (χ2n) is 15.6. The number of nitrogens with two attached hydrogens (primary N) is 2. The number of phenols is 2. The van der Waals surface area contributed by atoms with Gasteiger partial charge in [0.1, 0.15) is 52.3 Å². The molecule has 3 aliphatic heterocycles. The molecule has 3 aromatic rings. The van der Waals surface area contributed by atoms with Crippen molar-refractivity contribution < 1.29 is 39.1 Å². The van der Waals surface area contributed by atoms with E-state index in [1.807, 2.05) is 44.4 Å². The number of rotatable bonds is 12. The Bertz CT molecular complexity index is 2250. The monoisotopic (exact) mass is 780 g/mol. The number of aliphatic hydroxyl groups is 2. The molecule has 13 heteroatoms. The van der Waals surface area contributed by atoms with Gasteiger partial charge in [0.2, 0.25) is 0 Å². The first-order valence-corrected chi connectivity index (χ1v) is 19.7. The molecule has 13 nitrogen and oxygen atoms in total. The number of hydrogen-bond acceptors (Lipinski definition) is 13. The lowest BCUT2D eigenvalue weighted by molar-refractivity contribution is -0.159. The molecular formula is C44H52N4O9. The van der Waals surface area contributed by atoms with Crippen molar-refractivity contribution in [2.24, 2.45) is 17.4 Å². The van der Waals surface area contributed by atoms with E-state index in [9.17, 15) is 30.0 Å². The number of ether oxygens (including phenoxy) is 2. The van der Waals surface area contributed by atoms with Crippen molar-refractivity contribution in [1.29, 1.82) is 0 Å². The lowest BCUT2D eigenvalue weighted by Gasteiger charge is -2.44. The summed E-state index contributed by atoms with van der Waals surface area (Å²) in [6.07, 6.45) is 14.5. The Balaban J connectivity index is 1.46. The van der Waals surface area contributed by atoms with Gasteiger partial charge in [-0.3, -0.25) is 4.79 Å². The summed E-state index contributed by atoms with van der Waals surface area (Å²) in [6, 6.07) is 7.67. The van der Waals surface area contributed by atoms with Gasteiger partial charge in [-0.05, 0) is 86.4 Å². The van der Waals surface area contributed by atoms with Gasteiger partial charge in [0.05, 0.1) is 18.6 Å². The van der Waals surface area contributed by atoms with Crippen molar-refractivity contribution in [1.82, 2.24) is 10.6 Å². The first-order valence-electron chi connectivity index (χ1n) is 19.7. The van der Waals surface area contributed by atoms with Crippen LogP contribution in [-0.4, -0.2) is 57.4 Å². The zero-order valence-corrected chi connectivity index (χ0v) is 32.3. The molecule has 10 N–H and O–H groups in total. The van der Waals surface area contributed by atoms with E-state index >= 15 is 0 Å². The minimum atomic E-state index is -1.21. The van der Waals surface area contributed by atoms with Gasteiger partial charge in [-0.2, -0.15) is 0 Å². The fourth-order valence-corrected chi connectivity index (χ4v) is 8.81. The van der Waals surface area contributed by atoms with E-state index < -0.39 is 53.9 Å². The van der Waals surface area contributed by atoms with E-state index in [1.165, 1.54) is 6.07 Å². The summed E-state index contributed by atoms with van der Waals surface area (Å²) in [4.78, 5) is 28.0. The maximum Gasteiger partial charge on any atom is 0.334 e. The topological polar surface area (TPSA) is 223 Å². The smallest absolute Gasteiger partial charge is 0.334 e. The minimum Gasteiger partial charge on any atom is -0.508 e. The minimum absolute atomic E-state index is 0.0150. The zero-order valence-electron chi connectivity index (χ0n) is 32.3. The Morgan fingerprint density at radius 1 is 1.18 bits per heavy atom. The molecule has 1 unspecified atom stereocenters. The molecule has 1 saturated carbocycles. The highest BCUT2D eigenvalue weighted by atomic mass is 16.6. The molecule has 4 heterocycles. The van der Waals surface area contributed by atoms with Crippen LogP contribution in [0.25, 0.3) is 11.0 Å². The van der Waals surface area contributed by atoms with Crippen LogP contribution in [0.2, 0.25) is 0 Å². The predicted octanol–water partition coefficient (Wildman–Crippen LogP) is 4.74. The predicted molar refractivity (Wildman–Crippen MR) is 215 cm³/mol. The van der Waals surface area contributed by atoms with Crippen molar-refractivity contribution in [3.05, 3.63) is 122 Å². The van der Waals surface area contributed by atoms with Crippen molar-refractivity contribution >= 4 is 16.9 Å². The number of allylic oxidation sites excluding steroid dienone is 5. The Hall–Kier alpha value is -5.50. The summed E-state index contributed by atoms with van der Waals surface area (Å²) in [5.41, 5.74) is 13.8. The van der Waals surface area contributed by atoms with Gasteiger partial charge in [-0.15, -0.1) is 0 Å². The van der Waals surface area contributed by atoms with E-state index in [2.05, 4.69) is 10.6 Å². The maximum atomic E-state index is 14.1. The van der Waals surface area contributed by atoms with Gasteiger partial charge in [0, 0.05) is 53.8 Å². The van der Waals surface area contributed by atoms with Crippen LogP contribution >= 0.6 is 0 Å². The van der Waals surface area contributed by atoms with Crippen LogP contribution in [0.4, 0.5) is 0 Å². The van der Waals surface area contributed by atoms with Crippen LogP contribution in [0.15, 0.2) is 98.7 Å². The molecule has 1 aliphatic carbocycles. The van der Waals surface area contributed by atoms with E-state index in [-0.39, 0.29) is 52.3 Å². The average Bonchev–Trinajstić information content (AvgIpc) is 3.73. The van der Waals surface area contributed by atoms with Gasteiger partial charge < -0.3 is 56.4 Å². The molecule has 302 valence electrons. The fourth-order valence-electron chi connectivity index (χ4n) is 8.81. The Labute approximate surface area is 331 Å². The molecule has 0 radical (unpaired) electrons. The molecule has 0 bridgehead atoms. The molecule has 1 aromatic heterocycles. The second kappa shape index (κ2) is 16.5. The number of aromatic hydroxyl groups is 2. The van der Waals surface area contributed by atoms with Gasteiger partial charge >= 0.3 is 5.97 Å². The quantitative estimate of drug-likeness (QED) is 0.0921. The fraction of sp³-hybridized carbons (Fsp3) is 0.409. The molecule has 1 fully saturated rings. The first kappa shape index (κ1) is 39.7. The highest BCUT2D eigenvalue weighted by molar-refractivity contribution is 5.92. The number of esters is 1. The summed E-state index contributed by atoms with van der Waals surface area (Å²) in [5, 5.41) is 50.3. The van der Waals surface area contributed by atoms with Gasteiger partial charge in [0.15, 0.2) is 5.43 Å². The number of carbonyl (C=O) groups excluding carboxylic acids is 1. The van der Waals surface area contributed by atoms with Gasteiger partial charge in [-0.25, -0.2) is 4.79 Å². The van der Waals surface area contributed by atoms with Crippen LogP contribution in [0.1, 0.15) is 86.7 Å². The lowest BCUT2D eigenvalue weighted by atomic mass is 9.73.